The zero-order chi connectivity index (χ0) is 22.4. The number of nitrogens with one attached hydrogen (secondary N) is 2. The summed E-state index contributed by atoms with van der Waals surface area (Å²) < 4.78 is 13.0. The normalized spacial score (nSPS) is 11.4. The molecule has 158 valence electrons. The maximum Gasteiger partial charge on any atom is 0.335 e. The van der Waals surface area contributed by atoms with Crippen molar-refractivity contribution in [1.29, 1.82) is 0 Å². The summed E-state index contributed by atoms with van der Waals surface area (Å²) in [6.45, 7) is 1.92. The van der Waals surface area contributed by atoms with Gasteiger partial charge in [0.2, 0.25) is 0 Å². The first kappa shape index (κ1) is 21.6. The van der Waals surface area contributed by atoms with E-state index in [1.807, 2.05) is 0 Å². The van der Waals surface area contributed by atoms with Gasteiger partial charge in [-0.15, -0.1) is 0 Å². The quantitative estimate of drug-likeness (QED) is 0.538. The van der Waals surface area contributed by atoms with Gasteiger partial charge in [0.15, 0.2) is 0 Å². The van der Waals surface area contributed by atoms with E-state index >= 15 is 0 Å². The lowest BCUT2D eigenvalue weighted by Gasteiger charge is -2.14. The average molecular weight is 422 g/mol. The molecule has 3 aromatic rings. The van der Waals surface area contributed by atoms with Gasteiger partial charge in [0.25, 0.3) is 11.8 Å². The number of rotatable bonds is 7. The van der Waals surface area contributed by atoms with E-state index in [2.05, 4.69) is 20.6 Å². The second kappa shape index (κ2) is 9.57. The number of carbonyl (C=O) groups excluding carboxylic acids is 2. The molecule has 3 N–H and O–H groups in total. The number of carbonyl (C=O) groups is 3. The van der Waals surface area contributed by atoms with Crippen LogP contribution in [0.5, 0.6) is 0 Å². The van der Waals surface area contributed by atoms with Crippen LogP contribution in [0.15, 0.2) is 60.9 Å². The molecule has 0 bridgehead atoms. The van der Waals surface area contributed by atoms with Crippen molar-refractivity contribution >= 4 is 17.8 Å². The summed E-state index contributed by atoms with van der Waals surface area (Å²) >= 11 is 0. The van der Waals surface area contributed by atoms with E-state index in [-0.39, 0.29) is 29.3 Å². The number of hydrogen-bond acceptors (Lipinski definition) is 5. The molecule has 0 unspecified atom stereocenters. The molecule has 0 saturated heterocycles. The molecule has 0 aliphatic rings. The molecule has 0 saturated carbocycles. The molecular formula is C22H19FN4O4. The van der Waals surface area contributed by atoms with Crippen molar-refractivity contribution in [3.8, 4) is 0 Å². The highest BCUT2D eigenvalue weighted by Gasteiger charge is 2.16. The van der Waals surface area contributed by atoms with Gasteiger partial charge in [0, 0.05) is 12.6 Å². The molecule has 2 amide bonds. The first-order valence-corrected chi connectivity index (χ1v) is 9.32. The maximum absolute atomic E-state index is 13.0. The van der Waals surface area contributed by atoms with Crippen LogP contribution in [-0.2, 0) is 6.54 Å². The minimum atomic E-state index is -1.03. The third-order valence-corrected chi connectivity index (χ3v) is 4.50. The molecule has 1 aromatic heterocycles. The lowest BCUT2D eigenvalue weighted by atomic mass is 10.1. The van der Waals surface area contributed by atoms with E-state index in [4.69, 9.17) is 5.11 Å². The number of benzene rings is 2. The highest BCUT2D eigenvalue weighted by molar-refractivity contribution is 5.97. The Hall–Kier alpha value is -4.14. The SMILES string of the molecule is C[C@H](NC(=O)c1cc(C(=O)NCc2ccc(F)cc2)ncn1)c1ccc(C(=O)O)cc1. The lowest BCUT2D eigenvalue weighted by molar-refractivity contribution is 0.0696. The fourth-order valence-electron chi connectivity index (χ4n) is 2.75. The number of nitrogens with zero attached hydrogens (tertiary/aromatic N) is 2. The Kier molecular flexibility index (Phi) is 6.66. The minimum Gasteiger partial charge on any atom is -0.478 e. The Labute approximate surface area is 177 Å². The van der Waals surface area contributed by atoms with E-state index in [0.717, 1.165) is 6.33 Å². The van der Waals surface area contributed by atoms with Crippen LogP contribution in [0.25, 0.3) is 0 Å². The summed E-state index contributed by atoms with van der Waals surface area (Å²) in [6, 6.07) is 12.7. The van der Waals surface area contributed by atoms with Crippen molar-refractivity contribution in [3.05, 3.63) is 94.8 Å². The number of carboxylic acid groups (broad SMARTS) is 1. The molecule has 3 rings (SSSR count). The van der Waals surface area contributed by atoms with Gasteiger partial charge in [-0.3, -0.25) is 9.59 Å². The van der Waals surface area contributed by atoms with E-state index in [1.54, 1.807) is 31.2 Å². The van der Waals surface area contributed by atoms with Crippen LogP contribution in [0.3, 0.4) is 0 Å². The molecule has 0 radical (unpaired) electrons. The van der Waals surface area contributed by atoms with Gasteiger partial charge in [0.1, 0.15) is 23.5 Å². The fourth-order valence-corrected chi connectivity index (χ4v) is 2.75. The van der Waals surface area contributed by atoms with Crippen molar-refractivity contribution in [2.75, 3.05) is 0 Å². The Morgan fingerprint density at radius 1 is 0.968 bits per heavy atom. The summed E-state index contributed by atoms with van der Waals surface area (Å²) in [5.41, 5.74) is 1.60. The number of aromatic carboxylic acids is 1. The third-order valence-electron chi connectivity index (χ3n) is 4.50. The van der Waals surface area contributed by atoms with E-state index in [1.165, 1.54) is 30.3 Å². The van der Waals surface area contributed by atoms with E-state index < -0.39 is 23.8 Å². The molecule has 9 heteroatoms. The first-order chi connectivity index (χ1) is 14.8. The summed E-state index contributed by atoms with van der Waals surface area (Å²) in [5.74, 6) is -2.41. The van der Waals surface area contributed by atoms with Crippen LogP contribution < -0.4 is 10.6 Å². The number of carboxylic acids is 1. The van der Waals surface area contributed by atoms with Crippen LogP contribution in [0.1, 0.15) is 55.4 Å². The molecule has 0 fully saturated rings. The monoisotopic (exact) mass is 422 g/mol. The molecule has 2 aromatic carbocycles. The van der Waals surface area contributed by atoms with Gasteiger partial charge >= 0.3 is 5.97 Å². The Balaban J connectivity index is 1.62. The van der Waals surface area contributed by atoms with Gasteiger partial charge in [0.05, 0.1) is 11.6 Å². The predicted octanol–water partition coefficient (Wildman–Crippen LogP) is 2.73. The number of halogens is 1. The van der Waals surface area contributed by atoms with Gasteiger partial charge in [-0.1, -0.05) is 24.3 Å². The highest BCUT2D eigenvalue weighted by atomic mass is 19.1. The van der Waals surface area contributed by atoms with Crippen LogP contribution in [0.2, 0.25) is 0 Å². The Morgan fingerprint density at radius 3 is 2.19 bits per heavy atom. The zero-order valence-electron chi connectivity index (χ0n) is 16.5. The van der Waals surface area contributed by atoms with Crippen molar-refractivity contribution in [3.63, 3.8) is 0 Å². The third kappa shape index (κ3) is 5.69. The van der Waals surface area contributed by atoms with Gasteiger partial charge < -0.3 is 15.7 Å². The molecule has 0 spiro atoms. The molecular weight excluding hydrogens is 403 g/mol. The second-order valence-corrected chi connectivity index (χ2v) is 6.72. The van der Waals surface area contributed by atoms with Crippen molar-refractivity contribution in [2.45, 2.75) is 19.5 Å². The first-order valence-electron chi connectivity index (χ1n) is 9.32. The summed E-state index contributed by atoms with van der Waals surface area (Å²) in [5, 5.41) is 14.4. The summed E-state index contributed by atoms with van der Waals surface area (Å²) in [7, 11) is 0. The molecule has 8 nitrogen and oxygen atoms in total. The summed E-state index contributed by atoms with van der Waals surface area (Å²) in [6.07, 6.45) is 1.12. The van der Waals surface area contributed by atoms with E-state index in [0.29, 0.717) is 11.1 Å². The fraction of sp³-hybridized carbons (Fsp3) is 0.136. The van der Waals surface area contributed by atoms with Crippen molar-refractivity contribution in [2.24, 2.45) is 0 Å². The Morgan fingerprint density at radius 2 is 1.58 bits per heavy atom. The summed E-state index contributed by atoms with van der Waals surface area (Å²) in [4.78, 5) is 43.6. The number of amides is 2. The molecule has 0 aliphatic carbocycles. The lowest BCUT2D eigenvalue weighted by Crippen LogP contribution is -2.29. The van der Waals surface area contributed by atoms with Gasteiger partial charge in [-0.05, 0) is 42.3 Å². The number of aromatic nitrogens is 2. The number of hydrogen-bond donors (Lipinski definition) is 3. The molecule has 1 heterocycles. The van der Waals surface area contributed by atoms with Crippen LogP contribution in [0, 0.1) is 5.82 Å². The average Bonchev–Trinajstić information content (AvgIpc) is 2.78. The topological polar surface area (TPSA) is 121 Å². The smallest absolute Gasteiger partial charge is 0.335 e. The van der Waals surface area contributed by atoms with Gasteiger partial charge in [-0.2, -0.15) is 0 Å². The van der Waals surface area contributed by atoms with Gasteiger partial charge in [-0.25, -0.2) is 19.2 Å². The maximum atomic E-state index is 13.0. The van der Waals surface area contributed by atoms with Crippen LogP contribution in [-0.4, -0.2) is 32.9 Å². The largest absolute Gasteiger partial charge is 0.478 e. The minimum absolute atomic E-state index is 0.0101. The highest BCUT2D eigenvalue weighted by Crippen LogP contribution is 2.14. The predicted molar refractivity (Wildman–Crippen MR) is 109 cm³/mol. The molecule has 1 atom stereocenters. The Bertz CT molecular complexity index is 1100. The zero-order valence-corrected chi connectivity index (χ0v) is 16.5. The van der Waals surface area contributed by atoms with E-state index in [9.17, 15) is 18.8 Å². The van der Waals surface area contributed by atoms with Crippen LogP contribution in [0.4, 0.5) is 4.39 Å². The molecule has 31 heavy (non-hydrogen) atoms. The van der Waals surface area contributed by atoms with Crippen LogP contribution >= 0.6 is 0 Å². The van der Waals surface area contributed by atoms with Crippen molar-refractivity contribution in [1.82, 2.24) is 20.6 Å². The standard InChI is InChI=1S/C22H19FN4O4/c1-13(15-4-6-16(7-5-15)22(30)31)27-21(29)19-10-18(25-12-26-19)20(28)24-11-14-2-8-17(23)9-3-14/h2-10,12-13H,11H2,1H3,(H,24,28)(H,27,29)(H,30,31)/t13-/m0/s1. The molecule has 0 aliphatic heterocycles. The van der Waals surface area contributed by atoms with Crippen molar-refractivity contribution < 1.29 is 23.9 Å². The second-order valence-electron chi connectivity index (χ2n) is 6.72.